The number of rotatable bonds is 6. The van der Waals surface area contributed by atoms with Gasteiger partial charge < -0.3 is 0 Å². The maximum atomic E-state index is 5.49. The summed E-state index contributed by atoms with van der Waals surface area (Å²) >= 11 is 0. The Morgan fingerprint density at radius 2 is 1.56 bits per heavy atom. The Labute approximate surface area is 324 Å². The minimum atomic E-state index is -0.571. The van der Waals surface area contributed by atoms with Crippen molar-refractivity contribution < 1.29 is 9.13 Å². The number of hydrogen-bond acceptors (Lipinski definition) is 2. The maximum absolute atomic E-state index is 5.49. The molecule has 3 aliphatic rings. The molecule has 7 aromatic rings. The molecule has 0 spiro atoms. The number of aryl methyl sites for hydroxylation is 1. The second-order valence-electron chi connectivity index (χ2n) is 16.3. The molecule has 4 unspecified atom stereocenters. The van der Waals surface area contributed by atoms with Gasteiger partial charge in [0.15, 0.2) is 23.1 Å². The van der Waals surface area contributed by atoms with Crippen LogP contribution in [-0.2, 0) is 17.5 Å². The first kappa shape index (κ1) is 33.9. The first-order valence-electron chi connectivity index (χ1n) is 20.3. The van der Waals surface area contributed by atoms with Crippen LogP contribution in [-0.4, -0.2) is 14.8 Å². The Bertz CT molecular complexity index is 2700. The van der Waals surface area contributed by atoms with Crippen LogP contribution in [0.15, 0.2) is 128 Å². The highest BCUT2D eigenvalue weighted by Crippen LogP contribution is 2.51. The fourth-order valence-electron chi connectivity index (χ4n) is 10.4. The molecule has 0 bridgehead atoms. The summed E-state index contributed by atoms with van der Waals surface area (Å²) in [6.07, 6.45) is 8.80. The molecule has 0 radical (unpaired) electrons. The fourth-order valence-corrected chi connectivity index (χ4v) is 10.4. The highest BCUT2D eigenvalue weighted by atomic mass is 15.4. The first-order chi connectivity index (χ1) is 26.8. The number of nitrogens with zero attached hydrogens (tertiary/aromatic N) is 5. The molecule has 4 atom stereocenters. The van der Waals surface area contributed by atoms with Gasteiger partial charge in [-0.1, -0.05) is 101 Å². The summed E-state index contributed by atoms with van der Waals surface area (Å²) in [7, 11) is 0. The van der Waals surface area contributed by atoms with Crippen LogP contribution in [0.4, 0.5) is 0 Å². The first-order valence-corrected chi connectivity index (χ1v) is 20.3. The maximum Gasteiger partial charge on any atom is 0.250 e. The average Bonchev–Trinajstić information content (AvgIpc) is 3.81. The van der Waals surface area contributed by atoms with Crippen molar-refractivity contribution in [2.24, 2.45) is 5.92 Å². The second-order valence-corrected chi connectivity index (χ2v) is 16.3. The molecule has 10 rings (SSSR count). The quantitative estimate of drug-likeness (QED) is 0.161. The molecule has 0 saturated heterocycles. The van der Waals surface area contributed by atoms with E-state index in [1.165, 1.54) is 67.7 Å². The van der Waals surface area contributed by atoms with E-state index in [0.29, 0.717) is 11.8 Å². The van der Waals surface area contributed by atoms with Gasteiger partial charge in [0.1, 0.15) is 0 Å². The third-order valence-electron chi connectivity index (χ3n) is 13.8. The van der Waals surface area contributed by atoms with Gasteiger partial charge >= 0.3 is 0 Å². The molecule has 0 N–H and O–H groups in total. The van der Waals surface area contributed by atoms with E-state index < -0.39 is 5.54 Å². The Morgan fingerprint density at radius 1 is 0.800 bits per heavy atom. The lowest BCUT2D eigenvalue weighted by molar-refractivity contribution is -0.768. The van der Waals surface area contributed by atoms with Crippen LogP contribution in [0.1, 0.15) is 82.1 Å². The number of fused-ring (bicyclic) bond motifs is 11. The van der Waals surface area contributed by atoms with Crippen LogP contribution < -0.4 is 9.13 Å². The van der Waals surface area contributed by atoms with Gasteiger partial charge in [0.25, 0.3) is 5.69 Å². The molecule has 5 nitrogen and oxygen atoms in total. The van der Waals surface area contributed by atoms with Crippen molar-refractivity contribution in [2.45, 2.75) is 84.2 Å². The topological polar surface area (TPSA) is 38.5 Å². The summed E-state index contributed by atoms with van der Waals surface area (Å²) in [5.74, 6) is 2.76. The Kier molecular flexibility index (Phi) is 7.65. The SMILES string of the molecule is CCC(C)C1Cc2cc3c(cc2-c2ccccc21)C(=CC1(CC)n2nc(-c4ccccc4)nc2-c2cccc[n+]2C1(C)CC)[n+]1c-3cc(C)c2ccccc21. The molecule has 4 aromatic carbocycles. The van der Waals surface area contributed by atoms with Crippen LogP contribution in [0.2, 0.25) is 0 Å². The molecule has 0 fully saturated rings. The van der Waals surface area contributed by atoms with Crippen LogP contribution in [0.5, 0.6) is 0 Å². The lowest BCUT2D eigenvalue weighted by Gasteiger charge is -2.44. The molecule has 0 saturated carbocycles. The molecule has 55 heavy (non-hydrogen) atoms. The molecule has 272 valence electrons. The highest BCUT2D eigenvalue weighted by molar-refractivity contribution is 5.92. The highest BCUT2D eigenvalue weighted by Gasteiger charge is 2.61. The number of para-hydroxylation sites is 1. The van der Waals surface area contributed by atoms with Crippen molar-refractivity contribution in [1.82, 2.24) is 14.8 Å². The number of hydrogen-bond donors (Lipinski definition) is 0. The zero-order valence-corrected chi connectivity index (χ0v) is 32.8. The fraction of sp³-hybridized carbons (Fsp3) is 0.280. The molecule has 0 amide bonds. The Hall–Kier alpha value is -5.68. The monoisotopic (exact) mass is 719 g/mol. The Balaban J connectivity index is 1.30. The molecular formula is C50H49N5+2. The predicted octanol–water partition coefficient (Wildman–Crippen LogP) is 10.8. The van der Waals surface area contributed by atoms with Gasteiger partial charge in [-0.2, -0.15) is 9.13 Å². The van der Waals surface area contributed by atoms with E-state index >= 15 is 0 Å². The van der Waals surface area contributed by atoms with Gasteiger partial charge in [0, 0.05) is 54.6 Å². The minimum Gasteiger partial charge on any atom is -0.222 e. The summed E-state index contributed by atoms with van der Waals surface area (Å²) in [5, 5.41) is 6.76. The van der Waals surface area contributed by atoms with Gasteiger partial charge in [0.05, 0.1) is 11.1 Å². The summed E-state index contributed by atoms with van der Waals surface area (Å²) in [6.45, 7) is 14.1. The second kappa shape index (κ2) is 12.4. The number of pyridine rings is 2. The summed E-state index contributed by atoms with van der Waals surface area (Å²) in [5.41, 5.74) is 14.5. The zero-order valence-electron chi connectivity index (χ0n) is 32.8. The standard InChI is InChI=1S/C50H49N5/c1-7-32(4)39-28-35-29-41-42(30-40(35)38-23-14-13-22-37(38)39)46(54-43-24-16-15-21-36(43)33(5)27-45(41)54)31-50(9-3)49(6,8-2)53-26-18-17-25-44(53)48-51-47(52-55(48)50)34-19-11-10-12-20-34/h10-27,29-32,39H,7-9,28H2,1-6H3/q+2. The van der Waals surface area contributed by atoms with E-state index in [2.05, 4.69) is 183 Å². The largest absolute Gasteiger partial charge is 0.250 e. The molecule has 2 aliphatic heterocycles. The van der Waals surface area contributed by atoms with Crippen molar-refractivity contribution in [1.29, 1.82) is 0 Å². The molecule has 5 heterocycles. The number of aromatic nitrogens is 5. The summed E-state index contributed by atoms with van der Waals surface area (Å²) in [4.78, 5) is 5.34. The van der Waals surface area contributed by atoms with Gasteiger partial charge in [-0.05, 0) is 83.7 Å². The van der Waals surface area contributed by atoms with Crippen molar-refractivity contribution in [3.63, 3.8) is 0 Å². The summed E-state index contributed by atoms with van der Waals surface area (Å²) in [6, 6.07) is 42.6. The van der Waals surface area contributed by atoms with Crippen molar-refractivity contribution in [3.8, 4) is 45.3 Å². The van der Waals surface area contributed by atoms with Crippen molar-refractivity contribution in [2.75, 3.05) is 0 Å². The summed E-state index contributed by atoms with van der Waals surface area (Å²) < 4.78 is 7.34. The van der Waals surface area contributed by atoms with Crippen LogP contribution in [0.25, 0.3) is 61.9 Å². The smallest absolute Gasteiger partial charge is 0.222 e. The van der Waals surface area contributed by atoms with Crippen molar-refractivity contribution >= 4 is 16.6 Å². The minimum absolute atomic E-state index is 0.367. The third-order valence-corrected chi connectivity index (χ3v) is 13.8. The van der Waals surface area contributed by atoms with E-state index in [0.717, 1.165) is 42.2 Å². The predicted molar refractivity (Wildman–Crippen MR) is 222 cm³/mol. The lowest BCUT2D eigenvalue weighted by Crippen LogP contribution is -2.70. The van der Waals surface area contributed by atoms with E-state index in [9.17, 15) is 0 Å². The number of benzene rings is 4. The van der Waals surface area contributed by atoms with Gasteiger partial charge in [-0.15, -0.1) is 5.10 Å². The molecule has 5 heteroatoms. The van der Waals surface area contributed by atoms with E-state index in [1.807, 2.05) is 0 Å². The third kappa shape index (κ3) is 4.65. The van der Waals surface area contributed by atoms with Crippen LogP contribution in [0, 0.1) is 12.8 Å². The van der Waals surface area contributed by atoms with Crippen molar-refractivity contribution in [3.05, 3.63) is 150 Å². The Morgan fingerprint density at radius 3 is 2.36 bits per heavy atom. The lowest BCUT2D eigenvalue weighted by atomic mass is 9.70. The molecule has 1 aliphatic carbocycles. The van der Waals surface area contributed by atoms with Gasteiger partial charge in [-0.3, -0.25) is 0 Å². The van der Waals surface area contributed by atoms with Gasteiger partial charge in [-0.25, -0.2) is 9.67 Å². The average molecular weight is 720 g/mol. The van der Waals surface area contributed by atoms with Crippen LogP contribution >= 0.6 is 0 Å². The van der Waals surface area contributed by atoms with E-state index in [1.54, 1.807) is 0 Å². The van der Waals surface area contributed by atoms with E-state index in [4.69, 9.17) is 10.1 Å². The number of allylic oxidation sites excluding steroid dienone is 1. The van der Waals surface area contributed by atoms with Gasteiger partial charge in [0.2, 0.25) is 22.7 Å². The van der Waals surface area contributed by atoms with E-state index in [-0.39, 0.29) is 5.54 Å². The normalized spacial score (nSPS) is 21.7. The van der Waals surface area contributed by atoms with Crippen LogP contribution in [0.3, 0.4) is 0 Å². The zero-order chi connectivity index (χ0) is 37.6. The molecular weight excluding hydrogens is 671 g/mol. The molecule has 3 aromatic heterocycles.